The maximum atomic E-state index is 14.0. The minimum Gasteiger partial charge on any atom is -0.312 e. The highest BCUT2D eigenvalue weighted by Gasteiger charge is 2.21. The zero-order chi connectivity index (χ0) is 16.6. The van der Waals surface area contributed by atoms with E-state index in [2.05, 4.69) is 22.2 Å². The van der Waals surface area contributed by atoms with Crippen LogP contribution in [0.5, 0.6) is 0 Å². The lowest BCUT2D eigenvalue weighted by Gasteiger charge is -2.31. The Balaban J connectivity index is 0.00000208. The summed E-state index contributed by atoms with van der Waals surface area (Å²) in [5.41, 5.74) is 3.19. The van der Waals surface area contributed by atoms with Gasteiger partial charge in [0.2, 0.25) is 0 Å². The van der Waals surface area contributed by atoms with Crippen LogP contribution in [0.3, 0.4) is 0 Å². The molecule has 2 aromatic rings. The van der Waals surface area contributed by atoms with E-state index < -0.39 is 11.6 Å². The molecule has 7 heteroatoms. The number of aromatic nitrogens is 2. The van der Waals surface area contributed by atoms with Gasteiger partial charge in [-0.2, -0.15) is 5.10 Å². The first kappa shape index (κ1) is 18.8. The zero-order valence-corrected chi connectivity index (χ0v) is 15.0. The molecule has 0 saturated carbocycles. The second-order valence-corrected chi connectivity index (χ2v) is 6.25. The number of hydrogen-bond donors (Lipinski definition) is 1. The van der Waals surface area contributed by atoms with Crippen molar-refractivity contribution in [2.75, 3.05) is 19.6 Å². The van der Waals surface area contributed by atoms with Crippen molar-refractivity contribution >= 4 is 12.4 Å². The Bertz CT molecular complexity index is 717. The first-order chi connectivity index (χ1) is 11.0. The van der Waals surface area contributed by atoms with E-state index in [-0.39, 0.29) is 18.1 Å². The molecule has 0 spiro atoms. The van der Waals surface area contributed by atoms with Crippen LogP contribution in [0, 0.1) is 25.5 Å². The number of rotatable bonds is 3. The maximum absolute atomic E-state index is 14.0. The van der Waals surface area contributed by atoms with Crippen molar-refractivity contribution in [1.29, 1.82) is 0 Å². The van der Waals surface area contributed by atoms with Crippen LogP contribution in [0.2, 0.25) is 0 Å². The number of halogens is 3. The van der Waals surface area contributed by atoms with E-state index in [0.717, 1.165) is 49.2 Å². The second kappa shape index (κ2) is 7.59. The van der Waals surface area contributed by atoms with Crippen LogP contribution in [0.25, 0.3) is 5.69 Å². The number of piperazine rings is 1. The van der Waals surface area contributed by atoms with E-state index >= 15 is 0 Å². The number of nitrogens with zero attached hydrogens (tertiary/aromatic N) is 3. The van der Waals surface area contributed by atoms with Crippen LogP contribution >= 0.6 is 12.4 Å². The molecule has 0 amide bonds. The number of benzene rings is 1. The van der Waals surface area contributed by atoms with Crippen LogP contribution in [-0.2, 0) is 6.54 Å². The van der Waals surface area contributed by atoms with Gasteiger partial charge >= 0.3 is 0 Å². The van der Waals surface area contributed by atoms with Crippen molar-refractivity contribution in [2.24, 2.45) is 0 Å². The van der Waals surface area contributed by atoms with Gasteiger partial charge in [0.25, 0.3) is 0 Å². The Labute approximate surface area is 147 Å². The molecule has 132 valence electrons. The molecule has 0 radical (unpaired) electrons. The molecule has 1 unspecified atom stereocenters. The molecule has 1 saturated heterocycles. The standard InChI is InChI=1S/C17H22F2N4.ClH/c1-11-9-22(7-6-20-11)10-15-12(2)21-23(13(15)3)17-5-4-14(18)8-16(17)19;/h4-5,8,11,20H,6-7,9-10H2,1-3H3;1H. The van der Waals surface area contributed by atoms with Crippen LogP contribution in [0.4, 0.5) is 8.78 Å². The lowest BCUT2D eigenvalue weighted by atomic mass is 10.1. The van der Waals surface area contributed by atoms with Gasteiger partial charge in [0.15, 0.2) is 5.82 Å². The molecule has 1 aromatic carbocycles. The second-order valence-electron chi connectivity index (χ2n) is 6.25. The maximum Gasteiger partial charge on any atom is 0.151 e. The molecule has 4 nitrogen and oxygen atoms in total. The molecule has 2 heterocycles. The Hall–Kier alpha value is -1.50. The number of nitrogens with one attached hydrogen (secondary N) is 1. The van der Waals surface area contributed by atoms with Crippen LogP contribution in [0.15, 0.2) is 18.2 Å². The quantitative estimate of drug-likeness (QED) is 0.917. The summed E-state index contributed by atoms with van der Waals surface area (Å²) in [6.45, 7) is 9.78. The van der Waals surface area contributed by atoms with Crippen molar-refractivity contribution in [2.45, 2.75) is 33.4 Å². The SMILES string of the molecule is Cc1nn(-c2ccc(F)cc2F)c(C)c1CN1CCNC(C)C1.Cl. The fraction of sp³-hybridized carbons (Fsp3) is 0.471. The molecule has 1 aliphatic rings. The van der Waals surface area contributed by atoms with Gasteiger partial charge < -0.3 is 5.32 Å². The highest BCUT2D eigenvalue weighted by Crippen LogP contribution is 2.22. The summed E-state index contributed by atoms with van der Waals surface area (Å²) in [5.74, 6) is -1.18. The third-order valence-electron chi connectivity index (χ3n) is 4.41. The number of aryl methyl sites for hydroxylation is 1. The summed E-state index contributed by atoms with van der Waals surface area (Å²) < 4.78 is 28.7. The molecule has 1 aliphatic heterocycles. The first-order valence-electron chi connectivity index (χ1n) is 7.92. The molecule has 3 rings (SSSR count). The summed E-state index contributed by atoms with van der Waals surface area (Å²) in [4.78, 5) is 2.38. The molecule has 1 atom stereocenters. The smallest absolute Gasteiger partial charge is 0.151 e. The lowest BCUT2D eigenvalue weighted by molar-refractivity contribution is 0.199. The molecule has 1 N–H and O–H groups in total. The highest BCUT2D eigenvalue weighted by atomic mass is 35.5. The van der Waals surface area contributed by atoms with Crippen LogP contribution in [-0.4, -0.2) is 40.4 Å². The van der Waals surface area contributed by atoms with Gasteiger partial charge in [-0.1, -0.05) is 0 Å². The van der Waals surface area contributed by atoms with Crippen molar-refractivity contribution in [3.05, 3.63) is 46.8 Å². The van der Waals surface area contributed by atoms with Gasteiger partial charge in [-0.05, 0) is 32.9 Å². The van der Waals surface area contributed by atoms with Gasteiger partial charge in [0.1, 0.15) is 11.5 Å². The van der Waals surface area contributed by atoms with Gasteiger partial charge in [0, 0.05) is 49.5 Å². The van der Waals surface area contributed by atoms with Gasteiger partial charge in [0.05, 0.1) is 5.69 Å². The molecule has 0 aliphatic carbocycles. The van der Waals surface area contributed by atoms with E-state index in [4.69, 9.17) is 0 Å². The zero-order valence-electron chi connectivity index (χ0n) is 14.1. The Morgan fingerprint density at radius 1 is 1.29 bits per heavy atom. The largest absolute Gasteiger partial charge is 0.312 e. The third kappa shape index (κ3) is 3.77. The van der Waals surface area contributed by atoms with Gasteiger partial charge in [-0.3, -0.25) is 4.90 Å². The fourth-order valence-corrected chi connectivity index (χ4v) is 3.17. The summed E-state index contributed by atoms with van der Waals surface area (Å²) >= 11 is 0. The summed E-state index contributed by atoms with van der Waals surface area (Å²) in [7, 11) is 0. The Morgan fingerprint density at radius 2 is 2.04 bits per heavy atom. The predicted octanol–water partition coefficient (Wildman–Crippen LogP) is 2.98. The monoisotopic (exact) mass is 356 g/mol. The van der Waals surface area contributed by atoms with E-state index in [1.54, 1.807) is 4.68 Å². The number of hydrogen-bond acceptors (Lipinski definition) is 3. The minimum absolute atomic E-state index is 0. The van der Waals surface area contributed by atoms with Crippen LogP contribution in [0.1, 0.15) is 23.9 Å². The fourth-order valence-electron chi connectivity index (χ4n) is 3.17. The van der Waals surface area contributed by atoms with Gasteiger partial charge in [-0.25, -0.2) is 13.5 Å². The Kier molecular flexibility index (Phi) is 5.96. The molecular weight excluding hydrogens is 334 g/mol. The van der Waals surface area contributed by atoms with Gasteiger partial charge in [-0.15, -0.1) is 12.4 Å². The van der Waals surface area contributed by atoms with Crippen molar-refractivity contribution < 1.29 is 8.78 Å². The Morgan fingerprint density at radius 3 is 2.71 bits per heavy atom. The van der Waals surface area contributed by atoms with E-state index in [1.165, 1.54) is 12.1 Å². The summed E-state index contributed by atoms with van der Waals surface area (Å²) in [6.07, 6.45) is 0. The van der Waals surface area contributed by atoms with Crippen molar-refractivity contribution in [1.82, 2.24) is 20.0 Å². The predicted molar refractivity (Wildman–Crippen MR) is 92.9 cm³/mol. The van der Waals surface area contributed by atoms with E-state index in [0.29, 0.717) is 6.04 Å². The molecule has 0 bridgehead atoms. The average molecular weight is 357 g/mol. The van der Waals surface area contributed by atoms with Crippen molar-refractivity contribution in [3.8, 4) is 5.69 Å². The highest BCUT2D eigenvalue weighted by molar-refractivity contribution is 5.85. The molecule has 24 heavy (non-hydrogen) atoms. The normalized spacial score (nSPS) is 18.5. The minimum atomic E-state index is -0.599. The molecule has 1 aromatic heterocycles. The van der Waals surface area contributed by atoms with E-state index in [9.17, 15) is 8.78 Å². The van der Waals surface area contributed by atoms with Crippen LogP contribution < -0.4 is 5.32 Å². The first-order valence-corrected chi connectivity index (χ1v) is 7.92. The topological polar surface area (TPSA) is 33.1 Å². The summed E-state index contributed by atoms with van der Waals surface area (Å²) in [6, 6.07) is 4.05. The molecular formula is C17H23ClF2N4. The average Bonchev–Trinajstić information content (AvgIpc) is 2.75. The molecule has 1 fully saturated rings. The lowest BCUT2D eigenvalue weighted by Crippen LogP contribution is -2.48. The van der Waals surface area contributed by atoms with Crippen molar-refractivity contribution in [3.63, 3.8) is 0 Å². The third-order valence-corrected chi connectivity index (χ3v) is 4.41. The summed E-state index contributed by atoms with van der Waals surface area (Å²) in [5, 5.41) is 7.89. The van der Waals surface area contributed by atoms with E-state index in [1.807, 2.05) is 13.8 Å².